The Bertz CT molecular complexity index is 643. The molecule has 3 nitrogen and oxygen atoms in total. The molecule has 1 aromatic heterocycles. The normalized spacial score (nSPS) is 12.0. The molecule has 17 heavy (non-hydrogen) atoms. The highest BCUT2D eigenvalue weighted by Gasteiger charge is 2.34. The van der Waals surface area contributed by atoms with E-state index >= 15 is 0 Å². The average molecular weight is 242 g/mol. The second-order valence-electron chi connectivity index (χ2n) is 3.73. The average Bonchev–Trinajstić information content (AvgIpc) is 2.21. The maximum absolute atomic E-state index is 12.7. The van der Waals surface area contributed by atoms with Crippen LogP contribution in [0.15, 0.2) is 29.1 Å². The molecule has 0 aliphatic rings. The molecule has 0 atom stereocenters. The third kappa shape index (κ3) is 1.86. The second kappa shape index (κ2) is 3.51. The molecule has 1 aromatic carbocycles. The van der Waals surface area contributed by atoms with E-state index in [1.807, 2.05) is 0 Å². The van der Waals surface area contributed by atoms with Crippen LogP contribution in [0.3, 0.4) is 0 Å². The maximum atomic E-state index is 12.7. The smallest absolute Gasteiger partial charge is 0.399 e. The van der Waals surface area contributed by atoms with Gasteiger partial charge >= 0.3 is 6.18 Å². The van der Waals surface area contributed by atoms with Crippen LogP contribution in [0.4, 0.5) is 18.9 Å². The molecule has 0 radical (unpaired) electrons. The summed E-state index contributed by atoms with van der Waals surface area (Å²) in [6.07, 6.45) is -4.56. The van der Waals surface area contributed by atoms with Crippen molar-refractivity contribution in [3.05, 3.63) is 40.2 Å². The number of alkyl halides is 3. The van der Waals surface area contributed by atoms with Gasteiger partial charge in [-0.05, 0) is 18.2 Å². The van der Waals surface area contributed by atoms with Crippen molar-refractivity contribution in [2.75, 3.05) is 5.73 Å². The van der Waals surface area contributed by atoms with Crippen molar-refractivity contribution >= 4 is 16.6 Å². The van der Waals surface area contributed by atoms with E-state index in [1.54, 1.807) is 0 Å². The monoisotopic (exact) mass is 242 g/mol. The first-order valence-electron chi connectivity index (χ1n) is 4.77. The Hall–Kier alpha value is -1.98. The minimum absolute atomic E-state index is 0.171. The lowest BCUT2D eigenvalue weighted by Gasteiger charge is -2.14. The van der Waals surface area contributed by atoms with Gasteiger partial charge in [-0.2, -0.15) is 13.2 Å². The number of hydrogen-bond acceptors (Lipinski definition) is 2. The molecular weight excluding hydrogens is 233 g/mol. The number of fused-ring (bicyclic) bond motifs is 1. The Balaban J connectivity index is 2.93. The Kier molecular flexibility index (Phi) is 2.38. The fourth-order valence-corrected chi connectivity index (χ4v) is 1.74. The summed E-state index contributed by atoms with van der Waals surface area (Å²) < 4.78 is 38.9. The highest BCUT2D eigenvalue weighted by atomic mass is 19.4. The van der Waals surface area contributed by atoms with Gasteiger partial charge < -0.3 is 10.3 Å². The van der Waals surface area contributed by atoms with Crippen LogP contribution in [0.2, 0.25) is 0 Å². The summed E-state index contributed by atoms with van der Waals surface area (Å²) in [4.78, 5) is 11.6. The highest BCUT2D eigenvalue weighted by Crippen LogP contribution is 2.29. The van der Waals surface area contributed by atoms with Crippen molar-refractivity contribution < 1.29 is 13.2 Å². The van der Waals surface area contributed by atoms with Crippen molar-refractivity contribution in [1.29, 1.82) is 0 Å². The van der Waals surface area contributed by atoms with Crippen LogP contribution in [0.25, 0.3) is 10.9 Å². The molecule has 90 valence electrons. The first-order chi connectivity index (χ1) is 7.80. The molecule has 0 unspecified atom stereocenters. The zero-order valence-electron chi connectivity index (χ0n) is 8.88. The quantitative estimate of drug-likeness (QED) is 0.719. The number of nitrogens with zero attached hydrogens (tertiary/aromatic N) is 1. The number of aromatic nitrogens is 1. The van der Waals surface area contributed by atoms with Gasteiger partial charge in [-0.15, -0.1) is 0 Å². The van der Waals surface area contributed by atoms with Gasteiger partial charge in [0.25, 0.3) is 0 Å². The second-order valence-corrected chi connectivity index (χ2v) is 3.73. The maximum Gasteiger partial charge on any atom is 0.431 e. The fourth-order valence-electron chi connectivity index (χ4n) is 1.74. The van der Waals surface area contributed by atoms with E-state index in [1.165, 1.54) is 25.2 Å². The summed E-state index contributed by atoms with van der Waals surface area (Å²) in [7, 11) is 1.25. The topological polar surface area (TPSA) is 48.0 Å². The van der Waals surface area contributed by atoms with Crippen molar-refractivity contribution in [2.24, 2.45) is 7.05 Å². The van der Waals surface area contributed by atoms with E-state index < -0.39 is 17.3 Å². The van der Waals surface area contributed by atoms with E-state index in [-0.39, 0.29) is 10.9 Å². The SMILES string of the molecule is Cn1c(C(F)(F)F)cc(=O)c2ccc(N)cc21. The molecule has 6 heteroatoms. The van der Waals surface area contributed by atoms with Crippen LogP contribution in [0, 0.1) is 0 Å². The molecule has 2 N–H and O–H groups in total. The third-order valence-electron chi connectivity index (χ3n) is 2.57. The van der Waals surface area contributed by atoms with Crippen molar-refractivity contribution in [3.63, 3.8) is 0 Å². The number of nitrogens with two attached hydrogens (primary N) is 1. The van der Waals surface area contributed by atoms with Crippen LogP contribution >= 0.6 is 0 Å². The Morgan fingerprint density at radius 1 is 1.24 bits per heavy atom. The number of rotatable bonds is 0. The minimum atomic E-state index is -4.56. The van der Waals surface area contributed by atoms with Crippen molar-refractivity contribution in [1.82, 2.24) is 4.57 Å². The standard InChI is InChI=1S/C11H9F3N2O/c1-16-8-4-6(15)2-3-7(8)9(17)5-10(16)11(12,13)14/h2-5H,15H2,1H3. The number of pyridine rings is 1. The van der Waals surface area contributed by atoms with Gasteiger partial charge in [-0.25, -0.2) is 0 Å². The highest BCUT2D eigenvalue weighted by molar-refractivity contribution is 5.82. The van der Waals surface area contributed by atoms with E-state index in [9.17, 15) is 18.0 Å². The van der Waals surface area contributed by atoms with Crippen LogP contribution < -0.4 is 11.2 Å². The predicted octanol–water partition coefficient (Wildman–Crippen LogP) is 2.14. The summed E-state index contributed by atoms with van der Waals surface area (Å²) in [5.41, 5.74) is 4.34. The molecule has 0 spiro atoms. The molecule has 0 fully saturated rings. The van der Waals surface area contributed by atoms with Gasteiger partial charge in [0.2, 0.25) is 0 Å². The third-order valence-corrected chi connectivity index (χ3v) is 2.57. The lowest BCUT2D eigenvalue weighted by molar-refractivity contribution is -0.143. The molecular formula is C11H9F3N2O. The van der Waals surface area contributed by atoms with Gasteiger partial charge in [0.15, 0.2) is 5.43 Å². The summed E-state index contributed by atoms with van der Waals surface area (Å²) in [6, 6.07) is 4.86. The first kappa shape index (κ1) is 11.5. The van der Waals surface area contributed by atoms with E-state index in [0.29, 0.717) is 11.8 Å². The van der Waals surface area contributed by atoms with Gasteiger partial charge in [0.1, 0.15) is 5.69 Å². The number of aryl methyl sites for hydroxylation is 1. The van der Waals surface area contributed by atoms with E-state index in [0.717, 1.165) is 4.57 Å². The largest absolute Gasteiger partial charge is 0.431 e. The lowest BCUT2D eigenvalue weighted by Crippen LogP contribution is -2.19. The zero-order valence-corrected chi connectivity index (χ0v) is 8.88. The molecule has 0 aliphatic carbocycles. The van der Waals surface area contributed by atoms with Crippen LogP contribution in [-0.4, -0.2) is 4.57 Å². The zero-order chi connectivity index (χ0) is 12.8. The molecule has 1 heterocycles. The molecule has 0 bridgehead atoms. The van der Waals surface area contributed by atoms with Crippen LogP contribution in [0.1, 0.15) is 5.69 Å². The van der Waals surface area contributed by atoms with Gasteiger partial charge in [0, 0.05) is 24.2 Å². The molecule has 2 aromatic rings. The molecule has 0 saturated heterocycles. The molecule has 0 amide bonds. The first-order valence-corrected chi connectivity index (χ1v) is 4.77. The van der Waals surface area contributed by atoms with Gasteiger partial charge in [-0.3, -0.25) is 4.79 Å². The predicted molar refractivity (Wildman–Crippen MR) is 58.6 cm³/mol. The van der Waals surface area contributed by atoms with E-state index in [4.69, 9.17) is 5.73 Å². The summed E-state index contributed by atoms with van der Waals surface area (Å²) >= 11 is 0. The van der Waals surface area contributed by atoms with Gasteiger partial charge in [-0.1, -0.05) is 0 Å². The lowest BCUT2D eigenvalue weighted by atomic mass is 10.1. The van der Waals surface area contributed by atoms with Crippen LogP contribution in [0.5, 0.6) is 0 Å². The number of benzene rings is 1. The minimum Gasteiger partial charge on any atom is -0.399 e. The fraction of sp³-hybridized carbons (Fsp3) is 0.182. The Labute approximate surface area is 94.3 Å². The Morgan fingerprint density at radius 2 is 1.88 bits per heavy atom. The van der Waals surface area contributed by atoms with Gasteiger partial charge in [0.05, 0.1) is 5.52 Å². The molecule has 0 saturated carbocycles. The number of anilines is 1. The summed E-state index contributed by atoms with van der Waals surface area (Å²) in [6.45, 7) is 0. The summed E-state index contributed by atoms with van der Waals surface area (Å²) in [5.74, 6) is 0. The van der Waals surface area contributed by atoms with Crippen molar-refractivity contribution in [2.45, 2.75) is 6.18 Å². The molecule has 2 rings (SSSR count). The number of nitrogen functional groups attached to an aromatic ring is 1. The van der Waals surface area contributed by atoms with E-state index in [2.05, 4.69) is 0 Å². The Morgan fingerprint density at radius 3 is 2.47 bits per heavy atom. The van der Waals surface area contributed by atoms with Crippen LogP contribution in [-0.2, 0) is 13.2 Å². The number of halogens is 3. The molecule has 0 aliphatic heterocycles. The summed E-state index contributed by atoms with van der Waals surface area (Å²) in [5, 5.41) is 0.217. The van der Waals surface area contributed by atoms with Crippen molar-refractivity contribution in [3.8, 4) is 0 Å². The number of hydrogen-bond donors (Lipinski definition) is 1.